The number of aromatic nitrogens is 2. The minimum Gasteiger partial charge on any atom is -0.389 e. The average Bonchev–Trinajstić information content (AvgIpc) is 3.22. The predicted octanol–water partition coefficient (Wildman–Crippen LogP) is 3.07. The zero-order valence-electron chi connectivity index (χ0n) is 15.0. The summed E-state index contributed by atoms with van der Waals surface area (Å²) in [6.45, 7) is 7.65. The summed E-state index contributed by atoms with van der Waals surface area (Å²) in [5.41, 5.74) is 1.70. The van der Waals surface area contributed by atoms with Crippen molar-refractivity contribution in [3.8, 4) is 0 Å². The van der Waals surface area contributed by atoms with Crippen LogP contribution in [0.1, 0.15) is 74.1 Å². The number of fused-ring (bicyclic) bond motifs is 1. The monoisotopic (exact) mass is 331 g/mol. The van der Waals surface area contributed by atoms with E-state index >= 15 is 0 Å². The molecule has 1 fully saturated rings. The maximum atomic E-state index is 13.0. The van der Waals surface area contributed by atoms with Crippen molar-refractivity contribution in [2.75, 3.05) is 13.6 Å². The van der Waals surface area contributed by atoms with E-state index in [9.17, 15) is 9.90 Å². The van der Waals surface area contributed by atoms with E-state index in [1.54, 1.807) is 25.8 Å². The lowest BCUT2D eigenvalue weighted by molar-refractivity contribution is 0.0369. The van der Waals surface area contributed by atoms with Crippen LogP contribution < -0.4 is 0 Å². The van der Waals surface area contributed by atoms with Gasteiger partial charge < -0.3 is 14.5 Å². The molecule has 6 heteroatoms. The molecule has 24 heavy (non-hydrogen) atoms. The van der Waals surface area contributed by atoms with Gasteiger partial charge in [0.2, 0.25) is 0 Å². The second kappa shape index (κ2) is 5.84. The third-order valence-corrected chi connectivity index (χ3v) is 4.24. The number of aliphatic hydroxyl groups is 1. The first kappa shape index (κ1) is 16.9. The summed E-state index contributed by atoms with van der Waals surface area (Å²) in [6, 6.07) is 1.88. The molecule has 1 amide bonds. The number of amides is 1. The second-order valence-corrected chi connectivity index (χ2v) is 7.75. The van der Waals surface area contributed by atoms with Crippen LogP contribution in [0.15, 0.2) is 10.6 Å². The molecule has 3 rings (SSSR count). The smallest absolute Gasteiger partial charge is 0.259 e. The minimum absolute atomic E-state index is 0.131. The van der Waals surface area contributed by atoms with Gasteiger partial charge >= 0.3 is 0 Å². The van der Waals surface area contributed by atoms with Crippen molar-refractivity contribution in [2.45, 2.75) is 58.0 Å². The highest BCUT2D eigenvalue weighted by molar-refractivity contribution is 6.06. The van der Waals surface area contributed by atoms with E-state index in [4.69, 9.17) is 4.52 Å². The molecular formula is C18H25N3O3. The molecule has 0 spiro atoms. The van der Waals surface area contributed by atoms with Crippen LogP contribution in [0.5, 0.6) is 0 Å². The summed E-state index contributed by atoms with van der Waals surface area (Å²) in [7, 11) is 1.70. The molecule has 0 atom stereocenters. The molecule has 130 valence electrons. The van der Waals surface area contributed by atoms with Crippen molar-refractivity contribution in [2.24, 2.45) is 0 Å². The summed E-state index contributed by atoms with van der Waals surface area (Å²) in [5.74, 6) is 0.399. The van der Waals surface area contributed by atoms with Crippen LogP contribution in [-0.4, -0.2) is 45.2 Å². The fraction of sp³-hybridized carbons (Fsp3) is 0.611. The van der Waals surface area contributed by atoms with Gasteiger partial charge in [0.1, 0.15) is 0 Å². The average molecular weight is 331 g/mol. The first-order chi connectivity index (χ1) is 11.2. The number of nitrogens with zero attached hydrogens (tertiary/aromatic N) is 3. The Kier molecular flexibility index (Phi) is 4.11. The Hall–Kier alpha value is -1.95. The summed E-state index contributed by atoms with van der Waals surface area (Å²) >= 11 is 0. The Bertz CT molecular complexity index is 770. The van der Waals surface area contributed by atoms with E-state index in [0.29, 0.717) is 22.6 Å². The molecule has 0 aromatic carbocycles. The fourth-order valence-corrected chi connectivity index (χ4v) is 3.00. The highest BCUT2D eigenvalue weighted by Crippen LogP contribution is 2.41. The summed E-state index contributed by atoms with van der Waals surface area (Å²) < 4.78 is 5.42. The fourth-order valence-electron chi connectivity index (χ4n) is 3.00. The number of pyridine rings is 1. The number of carbonyl (C=O) groups excluding carboxylic acids is 1. The molecule has 0 radical (unpaired) electrons. The first-order valence-corrected chi connectivity index (χ1v) is 8.45. The quantitative estimate of drug-likeness (QED) is 0.911. The van der Waals surface area contributed by atoms with E-state index in [1.807, 2.05) is 19.9 Å². The Morgan fingerprint density at radius 3 is 2.67 bits per heavy atom. The van der Waals surface area contributed by atoms with Gasteiger partial charge in [-0.1, -0.05) is 19.0 Å². The third-order valence-electron chi connectivity index (χ3n) is 4.24. The van der Waals surface area contributed by atoms with Crippen molar-refractivity contribution in [1.29, 1.82) is 0 Å². The van der Waals surface area contributed by atoms with Gasteiger partial charge in [0, 0.05) is 25.2 Å². The van der Waals surface area contributed by atoms with Crippen molar-refractivity contribution >= 4 is 17.0 Å². The Morgan fingerprint density at radius 2 is 2.12 bits per heavy atom. The number of likely N-dealkylation sites (N-methyl/N-ethyl adjacent to an activating group) is 1. The van der Waals surface area contributed by atoms with Gasteiger partial charge in [-0.05, 0) is 38.7 Å². The second-order valence-electron chi connectivity index (χ2n) is 7.75. The van der Waals surface area contributed by atoms with Crippen LogP contribution in [0.3, 0.4) is 0 Å². The van der Waals surface area contributed by atoms with Crippen LogP contribution in [0, 0.1) is 0 Å². The molecule has 0 bridgehead atoms. The molecule has 2 aromatic heterocycles. The molecule has 0 aliphatic heterocycles. The molecule has 0 saturated heterocycles. The van der Waals surface area contributed by atoms with E-state index in [0.717, 1.165) is 24.2 Å². The molecule has 1 aliphatic carbocycles. The van der Waals surface area contributed by atoms with Crippen molar-refractivity contribution < 1.29 is 14.4 Å². The summed E-state index contributed by atoms with van der Waals surface area (Å²) in [6.07, 6.45) is 2.19. The molecule has 6 nitrogen and oxygen atoms in total. The van der Waals surface area contributed by atoms with Gasteiger partial charge in [-0.25, -0.2) is 4.98 Å². The van der Waals surface area contributed by atoms with Gasteiger partial charge in [0.25, 0.3) is 11.6 Å². The lowest BCUT2D eigenvalue weighted by atomic mass is 10.0. The zero-order valence-corrected chi connectivity index (χ0v) is 15.0. The number of rotatable bonds is 5. The van der Waals surface area contributed by atoms with Crippen molar-refractivity contribution in [1.82, 2.24) is 15.0 Å². The molecule has 2 heterocycles. The SMILES string of the molecule is CC(C)c1noc2nc(C3CC3)cc(C(=O)N(C)CC(C)(C)O)c12. The van der Waals surface area contributed by atoms with Crippen LogP contribution in [0.4, 0.5) is 0 Å². The lowest BCUT2D eigenvalue weighted by Crippen LogP contribution is -2.39. The maximum absolute atomic E-state index is 13.0. The highest BCUT2D eigenvalue weighted by Gasteiger charge is 2.31. The minimum atomic E-state index is -0.953. The van der Waals surface area contributed by atoms with Crippen LogP contribution >= 0.6 is 0 Å². The normalized spacial score (nSPS) is 15.3. The molecular weight excluding hydrogens is 306 g/mol. The topological polar surface area (TPSA) is 79.5 Å². The molecule has 1 aliphatic rings. The molecule has 0 unspecified atom stereocenters. The Balaban J connectivity index is 2.09. The Labute approximate surface area is 141 Å². The van der Waals surface area contributed by atoms with E-state index in [2.05, 4.69) is 10.1 Å². The Morgan fingerprint density at radius 1 is 1.46 bits per heavy atom. The molecule has 1 saturated carbocycles. The van der Waals surface area contributed by atoms with Gasteiger partial charge in [-0.15, -0.1) is 0 Å². The number of hydrogen-bond acceptors (Lipinski definition) is 5. The van der Waals surface area contributed by atoms with Gasteiger partial charge in [-0.3, -0.25) is 4.79 Å². The standard InChI is InChI=1S/C18H25N3O3/c1-10(2)15-14-12(17(22)21(5)9-18(3,4)23)8-13(11-6-7-11)19-16(14)24-20-15/h8,10-11,23H,6-7,9H2,1-5H3. The number of hydrogen-bond donors (Lipinski definition) is 1. The predicted molar refractivity (Wildman–Crippen MR) is 91.1 cm³/mol. The highest BCUT2D eigenvalue weighted by atomic mass is 16.5. The summed E-state index contributed by atoms with van der Waals surface area (Å²) in [5, 5.41) is 14.8. The largest absolute Gasteiger partial charge is 0.389 e. The van der Waals surface area contributed by atoms with Crippen LogP contribution in [0.2, 0.25) is 0 Å². The van der Waals surface area contributed by atoms with Crippen LogP contribution in [-0.2, 0) is 0 Å². The van der Waals surface area contributed by atoms with E-state index in [-0.39, 0.29) is 18.4 Å². The van der Waals surface area contributed by atoms with Gasteiger partial charge in [0.15, 0.2) is 0 Å². The third kappa shape index (κ3) is 3.29. The lowest BCUT2D eigenvalue weighted by Gasteiger charge is -2.26. The maximum Gasteiger partial charge on any atom is 0.259 e. The zero-order chi connectivity index (χ0) is 17.6. The van der Waals surface area contributed by atoms with E-state index in [1.165, 1.54) is 0 Å². The van der Waals surface area contributed by atoms with Crippen LogP contribution in [0.25, 0.3) is 11.1 Å². The van der Waals surface area contributed by atoms with E-state index < -0.39 is 5.60 Å². The first-order valence-electron chi connectivity index (χ1n) is 8.45. The van der Waals surface area contributed by atoms with Crippen molar-refractivity contribution in [3.63, 3.8) is 0 Å². The van der Waals surface area contributed by atoms with Gasteiger partial charge in [0.05, 0.1) is 22.2 Å². The van der Waals surface area contributed by atoms with Gasteiger partial charge in [-0.2, -0.15) is 0 Å². The summed E-state index contributed by atoms with van der Waals surface area (Å²) in [4.78, 5) is 19.1. The molecule has 2 aromatic rings. The molecule has 1 N–H and O–H groups in total. The number of carbonyl (C=O) groups is 1. The van der Waals surface area contributed by atoms with Crippen molar-refractivity contribution in [3.05, 3.63) is 23.0 Å².